The molecule has 1 aromatic heterocycles. The van der Waals surface area contributed by atoms with Crippen LogP contribution in [-0.2, 0) is 20.9 Å². The third kappa shape index (κ3) is 3.01. The molecule has 3 rings (SSSR count). The maximum absolute atomic E-state index is 13.0. The second-order valence-corrected chi connectivity index (χ2v) is 7.55. The summed E-state index contributed by atoms with van der Waals surface area (Å²) in [6.45, 7) is 8.78. The number of allylic oxidation sites excluding steroid dienone is 3. The second-order valence-electron chi connectivity index (χ2n) is 7.55. The molecule has 1 aliphatic carbocycles. The monoisotopic (exact) mass is 343 g/mol. The van der Waals surface area contributed by atoms with Crippen molar-refractivity contribution in [3.05, 3.63) is 40.5 Å². The lowest BCUT2D eigenvalue weighted by Gasteiger charge is -2.39. The molecule has 0 amide bonds. The quantitative estimate of drug-likeness (QED) is 0.854. The number of aromatic nitrogens is 2. The topological polar surface area (TPSA) is 73.2 Å². The van der Waals surface area contributed by atoms with Crippen molar-refractivity contribution >= 4 is 11.8 Å². The average molecular weight is 343 g/mol. The van der Waals surface area contributed by atoms with Gasteiger partial charge in [-0.3, -0.25) is 9.48 Å². The lowest BCUT2D eigenvalue weighted by molar-refractivity contribution is -0.136. The number of methoxy groups -OCH3 is 1. The lowest BCUT2D eigenvalue weighted by atomic mass is 9.69. The maximum atomic E-state index is 13.0. The van der Waals surface area contributed by atoms with E-state index < -0.39 is 11.9 Å². The van der Waals surface area contributed by atoms with Gasteiger partial charge in [-0.25, -0.2) is 4.79 Å². The van der Waals surface area contributed by atoms with Crippen LogP contribution >= 0.6 is 0 Å². The molecular formula is C19H25N3O3. The van der Waals surface area contributed by atoms with Crippen LogP contribution in [0.2, 0.25) is 0 Å². The van der Waals surface area contributed by atoms with E-state index in [4.69, 9.17) is 4.74 Å². The van der Waals surface area contributed by atoms with E-state index >= 15 is 0 Å². The van der Waals surface area contributed by atoms with Gasteiger partial charge in [0.25, 0.3) is 0 Å². The first-order valence-electron chi connectivity index (χ1n) is 8.62. The van der Waals surface area contributed by atoms with Crippen molar-refractivity contribution in [1.29, 1.82) is 0 Å². The molecule has 0 spiro atoms. The summed E-state index contributed by atoms with van der Waals surface area (Å²) < 4.78 is 6.81. The van der Waals surface area contributed by atoms with Crippen LogP contribution in [-0.4, -0.2) is 28.6 Å². The molecule has 2 aliphatic rings. The van der Waals surface area contributed by atoms with Gasteiger partial charge in [0.05, 0.1) is 24.8 Å². The van der Waals surface area contributed by atoms with Crippen LogP contribution < -0.4 is 5.32 Å². The molecule has 6 nitrogen and oxygen atoms in total. The van der Waals surface area contributed by atoms with Crippen LogP contribution in [0.25, 0.3) is 0 Å². The lowest BCUT2D eigenvalue weighted by Crippen LogP contribution is -2.38. The Kier molecular flexibility index (Phi) is 4.31. The average Bonchev–Trinajstić information content (AvgIpc) is 3.00. The Morgan fingerprint density at radius 2 is 2.16 bits per heavy atom. The van der Waals surface area contributed by atoms with Gasteiger partial charge in [0.1, 0.15) is 0 Å². The first-order valence-corrected chi connectivity index (χ1v) is 8.62. The molecule has 6 heteroatoms. The fraction of sp³-hybridized carbons (Fsp3) is 0.526. The Hall–Kier alpha value is -2.37. The highest BCUT2D eigenvalue weighted by Crippen LogP contribution is 2.46. The summed E-state index contributed by atoms with van der Waals surface area (Å²) in [6, 6.07) is 0. The molecule has 1 N–H and O–H groups in total. The fourth-order valence-corrected chi connectivity index (χ4v) is 3.85. The summed E-state index contributed by atoms with van der Waals surface area (Å²) in [5.74, 6) is -0.752. The van der Waals surface area contributed by atoms with Crippen LogP contribution in [0.4, 0.5) is 0 Å². The summed E-state index contributed by atoms with van der Waals surface area (Å²) in [5.41, 5.74) is 3.59. The molecule has 1 atom stereocenters. The molecule has 0 fully saturated rings. The van der Waals surface area contributed by atoms with Crippen molar-refractivity contribution in [3.8, 4) is 0 Å². The Morgan fingerprint density at radius 1 is 1.44 bits per heavy atom. The van der Waals surface area contributed by atoms with Gasteiger partial charge in [0.15, 0.2) is 5.78 Å². The zero-order valence-electron chi connectivity index (χ0n) is 15.5. The third-order valence-corrected chi connectivity index (χ3v) is 4.96. The molecule has 0 radical (unpaired) electrons. The van der Waals surface area contributed by atoms with E-state index in [2.05, 4.69) is 24.3 Å². The van der Waals surface area contributed by atoms with E-state index in [0.717, 1.165) is 29.9 Å². The predicted molar refractivity (Wildman–Crippen MR) is 93.5 cm³/mol. The van der Waals surface area contributed by atoms with Crippen molar-refractivity contribution in [3.63, 3.8) is 0 Å². The minimum atomic E-state index is -0.424. The Balaban J connectivity index is 2.17. The Labute approximate surface area is 147 Å². The first-order chi connectivity index (χ1) is 11.8. The van der Waals surface area contributed by atoms with Crippen LogP contribution in [0, 0.1) is 5.41 Å². The van der Waals surface area contributed by atoms with E-state index in [1.54, 1.807) is 10.9 Å². The van der Waals surface area contributed by atoms with E-state index in [9.17, 15) is 9.59 Å². The van der Waals surface area contributed by atoms with E-state index in [0.29, 0.717) is 17.6 Å². The number of carbonyl (C=O) groups excluding carboxylic acids is 2. The summed E-state index contributed by atoms with van der Waals surface area (Å²) in [6.07, 6.45) is 4.90. The van der Waals surface area contributed by atoms with Crippen molar-refractivity contribution in [2.75, 3.05) is 7.11 Å². The number of aryl methyl sites for hydroxylation is 1. The van der Waals surface area contributed by atoms with E-state index in [1.165, 1.54) is 7.11 Å². The normalized spacial score (nSPS) is 22.6. The Bertz CT molecular complexity index is 799. The van der Waals surface area contributed by atoms with Gasteiger partial charge in [-0.1, -0.05) is 13.8 Å². The van der Waals surface area contributed by atoms with Crippen LogP contribution in [0.3, 0.4) is 0 Å². The second kappa shape index (κ2) is 6.17. The van der Waals surface area contributed by atoms with Gasteiger partial charge < -0.3 is 10.1 Å². The van der Waals surface area contributed by atoms with Crippen LogP contribution in [0.5, 0.6) is 0 Å². The zero-order valence-corrected chi connectivity index (χ0v) is 15.5. The number of carbonyl (C=O) groups is 2. The van der Waals surface area contributed by atoms with Crippen LogP contribution in [0.15, 0.2) is 34.9 Å². The maximum Gasteiger partial charge on any atom is 0.336 e. The molecule has 0 aromatic carbocycles. The number of Topliss-reactive ketones (excluding diaryl/α,β-unsaturated/α-hetero) is 1. The molecule has 0 saturated carbocycles. The minimum Gasteiger partial charge on any atom is -0.466 e. The number of ether oxygens (including phenoxy) is 1. The number of dihydropyridines is 1. The summed E-state index contributed by atoms with van der Waals surface area (Å²) in [7, 11) is 1.37. The number of rotatable bonds is 3. The van der Waals surface area contributed by atoms with Crippen LogP contribution in [0.1, 0.15) is 52.0 Å². The first kappa shape index (κ1) is 17.5. The minimum absolute atomic E-state index is 0.0851. The largest absolute Gasteiger partial charge is 0.466 e. The highest BCUT2D eigenvalue weighted by molar-refractivity contribution is 6.04. The Morgan fingerprint density at radius 3 is 2.76 bits per heavy atom. The number of ketones is 1. The van der Waals surface area contributed by atoms with Crippen molar-refractivity contribution < 1.29 is 14.3 Å². The number of hydrogen-bond acceptors (Lipinski definition) is 5. The molecule has 0 unspecified atom stereocenters. The van der Waals surface area contributed by atoms with Gasteiger partial charge in [0.2, 0.25) is 0 Å². The SMILES string of the molecule is CCn1cc([C@H]2C(C(=O)OC)=C(C)NC3=C2C(=O)CC(C)(C)C3)cn1. The van der Waals surface area contributed by atoms with E-state index in [-0.39, 0.29) is 11.2 Å². The summed E-state index contributed by atoms with van der Waals surface area (Å²) in [5, 5.41) is 7.63. The van der Waals surface area contributed by atoms with Gasteiger partial charge >= 0.3 is 5.97 Å². The van der Waals surface area contributed by atoms with Gasteiger partial charge in [-0.05, 0) is 25.7 Å². The van der Waals surface area contributed by atoms with Crippen molar-refractivity contribution in [2.45, 2.75) is 53.0 Å². The van der Waals surface area contributed by atoms with Gasteiger partial charge in [-0.2, -0.15) is 5.10 Å². The van der Waals surface area contributed by atoms with E-state index in [1.807, 2.05) is 20.0 Å². The van der Waals surface area contributed by atoms with Crippen molar-refractivity contribution in [1.82, 2.24) is 15.1 Å². The molecule has 2 heterocycles. The molecule has 25 heavy (non-hydrogen) atoms. The highest BCUT2D eigenvalue weighted by Gasteiger charge is 2.43. The molecule has 1 aliphatic heterocycles. The molecular weight excluding hydrogens is 318 g/mol. The molecule has 0 bridgehead atoms. The zero-order chi connectivity index (χ0) is 18.4. The predicted octanol–water partition coefficient (Wildman–Crippen LogP) is 2.68. The summed E-state index contributed by atoms with van der Waals surface area (Å²) in [4.78, 5) is 25.4. The number of hydrogen-bond donors (Lipinski definition) is 1. The standard InChI is InChI=1S/C19H25N3O3/c1-6-22-10-12(9-20-22)16-15(18(24)25-5)11(2)21-13-7-19(3,4)8-14(23)17(13)16/h9-10,16,21H,6-8H2,1-5H3/t16-/m0/s1. The number of nitrogens with zero attached hydrogens (tertiary/aromatic N) is 2. The molecule has 1 aromatic rings. The number of nitrogens with one attached hydrogen (secondary N) is 1. The third-order valence-electron chi connectivity index (χ3n) is 4.96. The fourth-order valence-electron chi connectivity index (χ4n) is 3.85. The smallest absolute Gasteiger partial charge is 0.336 e. The highest BCUT2D eigenvalue weighted by atomic mass is 16.5. The summed E-state index contributed by atoms with van der Waals surface area (Å²) >= 11 is 0. The van der Waals surface area contributed by atoms with Gasteiger partial charge in [-0.15, -0.1) is 0 Å². The number of esters is 1. The molecule has 0 saturated heterocycles. The van der Waals surface area contributed by atoms with Crippen molar-refractivity contribution in [2.24, 2.45) is 5.41 Å². The molecule has 134 valence electrons. The van der Waals surface area contributed by atoms with Gasteiger partial charge in [0, 0.05) is 41.7 Å².